The number of carbonyl (C=O) groups excluding carboxylic acids is 1. The average molecular weight is 323 g/mol. The number of rotatable bonds is 4. The van der Waals surface area contributed by atoms with Crippen molar-refractivity contribution in [3.63, 3.8) is 0 Å². The van der Waals surface area contributed by atoms with Gasteiger partial charge in [0.05, 0.1) is 6.04 Å². The first kappa shape index (κ1) is 15.5. The molecule has 0 bridgehead atoms. The second-order valence-corrected chi connectivity index (χ2v) is 5.51. The fourth-order valence-electron chi connectivity index (χ4n) is 2.95. The molecule has 3 rings (SSSR count). The lowest BCUT2D eigenvalue weighted by molar-refractivity contribution is 0.0670. The summed E-state index contributed by atoms with van der Waals surface area (Å²) >= 11 is 0. The Bertz CT molecular complexity index is 681. The van der Waals surface area contributed by atoms with Gasteiger partial charge in [-0.25, -0.2) is 9.78 Å². The van der Waals surface area contributed by atoms with Crippen LogP contribution in [0.4, 0.5) is 13.6 Å². The molecule has 0 fully saturated rings. The van der Waals surface area contributed by atoms with E-state index in [1.54, 1.807) is 4.90 Å². The SMILES string of the molecule is CC1c2cccn2CCN1C(=O)NCCc1nccn1C(F)F. The molecule has 1 aliphatic heterocycles. The lowest BCUT2D eigenvalue weighted by atomic mass is 10.1. The number of alkyl halides is 2. The van der Waals surface area contributed by atoms with Crippen molar-refractivity contribution in [3.8, 4) is 0 Å². The van der Waals surface area contributed by atoms with E-state index >= 15 is 0 Å². The van der Waals surface area contributed by atoms with Crippen LogP contribution in [0.25, 0.3) is 0 Å². The van der Waals surface area contributed by atoms with Crippen molar-refractivity contribution >= 4 is 6.03 Å². The third-order valence-electron chi connectivity index (χ3n) is 4.19. The summed E-state index contributed by atoms with van der Waals surface area (Å²) in [7, 11) is 0. The highest BCUT2D eigenvalue weighted by atomic mass is 19.3. The minimum atomic E-state index is -2.61. The Morgan fingerprint density at radius 2 is 2.26 bits per heavy atom. The van der Waals surface area contributed by atoms with Crippen LogP contribution in [0, 0.1) is 0 Å². The number of carbonyl (C=O) groups is 1. The summed E-state index contributed by atoms with van der Waals surface area (Å²) < 4.78 is 28.4. The smallest absolute Gasteiger partial charge is 0.319 e. The molecular weight excluding hydrogens is 304 g/mol. The number of amides is 2. The van der Waals surface area contributed by atoms with E-state index in [4.69, 9.17) is 0 Å². The molecule has 0 aromatic carbocycles. The minimum absolute atomic E-state index is 0.0122. The monoisotopic (exact) mass is 323 g/mol. The highest BCUT2D eigenvalue weighted by Gasteiger charge is 2.27. The molecule has 23 heavy (non-hydrogen) atoms. The van der Waals surface area contributed by atoms with Gasteiger partial charge in [-0.2, -0.15) is 8.78 Å². The van der Waals surface area contributed by atoms with Crippen molar-refractivity contribution in [1.29, 1.82) is 0 Å². The number of nitrogens with one attached hydrogen (secondary N) is 1. The molecule has 8 heteroatoms. The van der Waals surface area contributed by atoms with Gasteiger partial charge >= 0.3 is 12.6 Å². The largest absolute Gasteiger partial charge is 0.348 e. The molecule has 1 aliphatic rings. The molecule has 1 N–H and O–H groups in total. The zero-order chi connectivity index (χ0) is 16.4. The topological polar surface area (TPSA) is 55.1 Å². The van der Waals surface area contributed by atoms with Crippen molar-refractivity contribution in [1.82, 2.24) is 24.3 Å². The standard InChI is InChI=1S/C15H19F2N5O/c1-11-12-3-2-7-20(12)9-10-21(11)15(23)19-5-4-13-18-6-8-22(13)14(16)17/h2-3,6-8,11,14H,4-5,9-10H2,1H3,(H,19,23). The van der Waals surface area contributed by atoms with E-state index in [-0.39, 0.29) is 30.9 Å². The number of aromatic nitrogens is 3. The predicted molar refractivity (Wildman–Crippen MR) is 80.1 cm³/mol. The lowest BCUT2D eigenvalue weighted by Gasteiger charge is -2.34. The summed E-state index contributed by atoms with van der Waals surface area (Å²) in [5.74, 6) is 0.265. The van der Waals surface area contributed by atoms with Crippen molar-refractivity contribution < 1.29 is 13.6 Å². The molecular formula is C15H19F2N5O. The molecule has 1 atom stereocenters. The van der Waals surface area contributed by atoms with Gasteiger partial charge in [0.1, 0.15) is 5.82 Å². The molecule has 6 nitrogen and oxygen atoms in total. The summed E-state index contributed by atoms with van der Waals surface area (Å²) in [5.41, 5.74) is 1.10. The maximum Gasteiger partial charge on any atom is 0.319 e. The number of nitrogens with zero attached hydrogens (tertiary/aromatic N) is 4. The maximum absolute atomic E-state index is 12.7. The summed E-state index contributed by atoms with van der Waals surface area (Å²) in [4.78, 5) is 18.0. The molecule has 2 aromatic heterocycles. The molecule has 3 heterocycles. The van der Waals surface area contributed by atoms with Crippen LogP contribution >= 0.6 is 0 Å². The van der Waals surface area contributed by atoms with Gasteiger partial charge in [0.2, 0.25) is 0 Å². The number of urea groups is 1. The van der Waals surface area contributed by atoms with Gasteiger partial charge in [0.25, 0.3) is 0 Å². The zero-order valence-electron chi connectivity index (χ0n) is 12.8. The molecule has 0 spiro atoms. The average Bonchev–Trinajstić information content (AvgIpc) is 3.16. The first-order valence-corrected chi connectivity index (χ1v) is 7.57. The fraction of sp³-hybridized carbons (Fsp3) is 0.467. The van der Waals surface area contributed by atoms with E-state index in [9.17, 15) is 13.6 Å². The van der Waals surface area contributed by atoms with Gasteiger partial charge in [-0.3, -0.25) is 4.57 Å². The fourth-order valence-corrected chi connectivity index (χ4v) is 2.95. The van der Waals surface area contributed by atoms with Gasteiger partial charge in [-0.05, 0) is 19.1 Å². The van der Waals surface area contributed by atoms with Crippen LogP contribution in [0.3, 0.4) is 0 Å². The maximum atomic E-state index is 12.7. The highest BCUT2D eigenvalue weighted by Crippen LogP contribution is 2.25. The zero-order valence-corrected chi connectivity index (χ0v) is 12.8. The van der Waals surface area contributed by atoms with Gasteiger partial charge in [0, 0.05) is 50.3 Å². The quantitative estimate of drug-likeness (QED) is 0.939. The van der Waals surface area contributed by atoms with Crippen LogP contribution in [0.15, 0.2) is 30.7 Å². The first-order valence-electron chi connectivity index (χ1n) is 7.57. The van der Waals surface area contributed by atoms with E-state index in [1.165, 1.54) is 12.4 Å². The molecule has 0 radical (unpaired) electrons. The first-order chi connectivity index (χ1) is 11.1. The van der Waals surface area contributed by atoms with E-state index in [1.807, 2.05) is 25.3 Å². The molecule has 0 saturated carbocycles. The predicted octanol–water partition coefficient (Wildman–Crippen LogP) is 2.41. The Labute approximate surface area is 132 Å². The van der Waals surface area contributed by atoms with E-state index in [0.29, 0.717) is 6.54 Å². The summed E-state index contributed by atoms with van der Waals surface area (Å²) in [5, 5.41) is 2.79. The van der Waals surface area contributed by atoms with Crippen LogP contribution in [0.2, 0.25) is 0 Å². The summed E-state index contributed by atoms with van der Waals surface area (Å²) in [6, 6.07) is 3.78. The Balaban J connectivity index is 1.55. The lowest BCUT2D eigenvalue weighted by Crippen LogP contribution is -2.46. The van der Waals surface area contributed by atoms with Crippen LogP contribution in [-0.2, 0) is 13.0 Å². The third kappa shape index (κ3) is 3.06. The number of hydrogen-bond acceptors (Lipinski definition) is 2. The van der Waals surface area contributed by atoms with Crippen molar-refractivity contribution in [2.45, 2.75) is 32.5 Å². The van der Waals surface area contributed by atoms with Gasteiger partial charge in [-0.1, -0.05) is 0 Å². The normalized spacial score (nSPS) is 17.4. The van der Waals surface area contributed by atoms with E-state index < -0.39 is 6.55 Å². The second kappa shape index (κ2) is 6.39. The van der Waals surface area contributed by atoms with Gasteiger partial charge < -0.3 is 14.8 Å². The van der Waals surface area contributed by atoms with Gasteiger partial charge in [-0.15, -0.1) is 0 Å². The molecule has 0 aliphatic carbocycles. The molecule has 2 amide bonds. The summed E-state index contributed by atoms with van der Waals surface area (Å²) in [6.45, 7) is 1.02. The van der Waals surface area contributed by atoms with Crippen LogP contribution in [-0.4, -0.2) is 38.1 Å². The molecule has 1 unspecified atom stereocenters. The van der Waals surface area contributed by atoms with Gasteiger partial charge in [0.15, 0.2) is 0 Å². The molecule has 0 saturated heterocycles. The number of imidazole rings is 1. The van der Waals surface area contributed by atoms with Crippen LogP contribution < -0.4 is 5.32 Å². The number of fused-ring (bicyclic) bond motifs is 1. The molecule has 2 aromatic rings. The Kier molecular flexibility index (Phi) is 4.31. The van der Waals surface area contributed by atoms with Crippen molar-refractivity contribution in [2.75, 3.05) is 13.1 Å². The third-order valence-corrected chi connectivity index (χ3v) is 4.19. The Morgan fingerprint density at radius 3 is 3.04 bits per heavy atom. The van der Waals surface area contributed by atoms with Crippen molar-refractivity contribution in [3.05, 3.63) is 42.2 Å². The highest BCUT2D eigenvalue weighted by molar-refractivity contribution is 5.74. The van der Waals surface area contributed by atoms with Crippen molar-refractivity contribution in [2.24, 2.45) is 0 Å². The summed E-state index contributed by atoms with van der Waals surface area (Å²) in [6.07, 6.45) is 4.85. The van der Waals surface area contributed by atoms with Crippen LogP contribution in [0.1, 0.15) is 31.0 Å². The Morgan fingerprint density at radius 1 is 1.43 bits per heavy atom. The van der Waals surface area contributed by atoms with E-state index in [2.05, 4.69) is 14.9 Å². The minimum Gasteiger partial charge on any atom is -0.348 e. The number of hydrogen-bond donors (Lipinski definition) is 1. The van der Waals surface area contributed by atoms with E-state index in [0.717, 1.165) is 16.8 Å². The second-order valence-electron chi connectivity index (χ2n) is 5.51. The number of halogens is 2. The molecule has 124 valence electrons. The Hall–Kier alpha value is -2.38. The van der Waals surface area contributed by atoms with Crippen LogP contribution in [0.5, 0.6) is 0 Å².